The molecule has 0 radical (unpaired) electrons. The van der Waals surface area contributed by atoms with E-state index >= 15 is 0 Å². The Kier molecular flexibility index (Phi) is 8.25. The van der Waals surface area contributed by atoms with E-state index in [1.165, 1.54) is 5.56 Å². The zero-order valence-electron chi connectivity index (χ0n) is 20.7. The number of aromatic hydroxyl groups is 1. The number of hydrogen-bond acceptors (Lipinski definition) is 9. The van der Waals surface area contributed by atoms with Crippen molar-refractivity contribution < 1.29 is 14.6 Å². The van der Waals surface area contributed by atoms with Crippen LogP contribution in [-0.2, 0) is 13.0 Å². The number of aromatic nitrogens is 4. The minimum absolute atomic E-state index is 0.175. The number of hydrogen-bond donors (Lipinski definition) is 3. The van der Waals surface area contributed by atoms with Crippen LogP contribution in [0.3, 0.4) is 0 Å². The lowest BCUT2D eigenvalue weighted by Gasteiger charge is -2.29. The van der Waals surface area contributed by atoms with Crippen LogP contribution in [0.1, 0.15) is 50.2 Å². The number of piperidine rings is 1. The number of imidazole rings is 1. The lowest BCUT2D eigenvalue weighted by Crippen LogP contribution is -2.40. The first-order chi connectivity index (χ1) is 17.0. The van der Waals surface area contributed by atoms with Crippen molar-refractivity contribution in [3.05, 3.63) is 29.3 Å². The van der Waals surface area contributed by atoms with E-state index in [4.69, 9.17) is 20.9 Å². The van der Waals surface area contributed by atoms with Gasteiger partial charge in [-0.15, -0.1) is 0 Å². The van der Waals surface area contributed by atoms with Gasteiger partial charge in [0.2, 0.25) is 0 Å². The number of benzene rings is 1. The molecule has 35 heavy (non-hydrogen) atoms. The summed E-state index contributed by atoms with van der Waals surface area (Å²) in [7, 11) is 1.66. The second-order valence-corrected chi connectivity index (χ2v) is 9.19. The summed E-state index contributed by atoms with van der Waals surface area (Å²) in [4.78, 5) is 15.3. The van der Waals surface area contributed by atoms with Crippen molar-refractivity contribution in [1.29, 1.82) is 0 Å². The van der Waals surface area contributed by atoms with Crippen molar-refractivity contribution in [3.63, 3.8) is 0 Å². The number of ether oxygens (including phenoxy) is 2. The number of aryl methyl sites for hydroxylation is 1. The fraction of sp³-hybridized carbons (Fsp3) is 0.560. The number of nitrogens with zero attached hydrogens (tertiary/aromatic N) is 5. The molecule has 5 N–H and O–H groups in total. The lowest BCUT2D eigenvalue weighted by molar-refractivity contribution is 0.211. The number of nitrogens with two attached hydrogens (primary N) is 2. The van der Waals surface area contributed by atoms with Gasteiger partial charge in [-0.05, 0) is 63.4 Å². The second kappa shape index (κ2) is 11.5. The van der Waals surface area contributed by atoms with E-state index in [1.807, 2.05) is 6.07 Å². The Morgan fingerprint density at radius 2 is 1.94 bits per heavy atom. The summed E-state index contributed by atoms with van der Waals surface area (Å²) < 4.78 is 12.9. The van der Waals surface area contributed by atoms with Gasteiger partial charge in [-0.25, -0.2) is 0 Å². The summed E-state index contributed by atoms with van der Waals surface area (Å²) in [5.74, 6) is 0.933. The SMILES string of the molecule is CCCCOc1nc(N)c2nc(O)n(Cc3ccc(CCCN4CCC(N)CC4)cc3OC)c2n1. The number of unbranched alkanes of at least 4 members (excludes halogenated alkanes) is 1. The molecule has 0 saturated carbocycles. The van der Waals surface area contributed by atoms with Gasteiger partial charge in [0, 0.05) is 11.6 Å². The van der Waals surface area contributed by atoms with Crippen molar-refractivity contribution >= 4 is 17.0 Å². The van der Waals surface area contributed by atoms with Crippen LogP contribution in [0.4, 0.5) is 5.82 Å². The Morgan fingerprint density at radius 1 is 1.14 bits per heavy atom. The first-order valence-electron chi connectivity index (χ1n) is 12.5. The van der Waals surface area contributed by atoms with Gasteiger partial charge in [0.1, 0.15) is 5.75 Å². The molecule has 10 heteroatoms. The molecule has 1 aliphatic heterocycles. The molecule has 3 heterocycles. The third-order valence-corrected chi connectivity index (χ3v) is 6.56. The molecule has 1 aliphatic rings. The lowest BCUT2D eigenvalue weighted by atomic mass is 10.0. The smallest absolute Gasteiger partial charge is 0.320 e. The van der Waals surface area contributed by atoms with Crippen LogP contribution in [-0.4, -0.2) is 68.9 Å². The number of rotatable bonds is 11. The monoisotopic (exact) mass is 483 g/mol. The van der Waals surface area contributed by atoms with E-state index in [2.05, 4.69) is 38.9 Å². The maximum Gasteiger partial charge on any atom is 0.320 e. The van der Waals surface area contributed by atoms with Gasteiger partial charge in [-0.3, -0.25) is 4.57 Å². The predicted molar refractivity (Wildman–Crippen MR) is 136 cm³/mol. The first-order valence-corrected chi connectivity index (χ1v) is 12.5. The summed E-state index contributed by atoms with van der Waals surface area (Å²) in [5.41, 5.74) is 15.0. The minimum Gasteiger partial charge on any atom is -0.496 e. The van der Waals surface area contributed by atoms with Gasteiger partial charge in [0.25, 0.3) is 6.01 Å². The summed E-state index contributed by atoms with van der Waals surface area (Å²) in [5, 5.41) is 10.5. The van der Waals surface area contributed by atoms with E-state index in [-0.39, 0.29) is 17.8 Å². The molecule has 10 nitrogen and oxygen atoms in total. The van der Waals surface area contributed by atoms with Gasteiger partial charge in [0.05, 0.1) is 20.3 Å². The highest BCUT2D eigenvalue weighted by molar-refractivity contribution is 5.83. The fourth-order valence-electron chi connectivity index (χ4n) is 4.44. The molecule has 190 valence electrons. The van der Waals surface area contributed by atoms with Crippen molar-refractivity contribution in [2.45, 2.75) is 58.0 Å². The highest BCUT2D eigenvalue weighted by Crippen LogP contribution is 2.29. The van der Waals surface area contributed by atoms with Gasteiger partial charge < -0.3 is 30.9 Å². The van der Waals surface area contributed by atoms with Gasteiger partial charge >= 0.3 is 6.01 Å². The Balaban J connectivity index is 1.47. The Hall–Kier alpha value is -3.11. The molecule has 0 spiro atoms. The van der Waals surface area contributed by atoms with Gasteiger partial charge in [-0.2, -0.15) is 15.0 Å². The average Bonchev–Trinajstić information content (AvgIpc) is 3.17. The van der Waals surface area contributed by atoms with Crippen molar-refractivity contribution in [2.24, 2.45) is 5.73 Å². The number of fused-ring (bicyclic) bond motifs is 1. The molecule has 0 atom stereocenters. The van der Waals surface area contributed by atoms with Crippen LogP contribution in [0.15, 0.2) is 18.2 Å². The molecule has 2 aromatic heterocycles. The van der Waals surface area contributed by atoms with Crippen molar-refractivity contribution in [1.82, 2.24) is 24.4 Å². The van der Waals surface area contributed by atoms with Crippen molar-refractivity contribution in [3.8, 4) is 17.8 Å². The Bertz CT molecular complexity index is 1130. The zero-order chi connectivity index (χ0) is 24.8. The van der Waals surface area contributed by atoms with E-state index in [0.29, 0.717) is 30.4 Å². The quantitative estimate of drug-likeness (QED) is 0.351. The number of likely N-dealkylation sites (tertiary alicyclic amines) is 1. The van der Waals surface area contributed by atoms with E-state index in [9.17, 15) is 5.11 Å². The normalized spacial score (nSPS) is 15.1. The average molecular weight is 484 g/mol. The number of anilines is 1. The summed E-state index contributed by atoms with van der Waals surface area (Å²) in [6.45, 7) is 6.16. The van der Waals surface area contributed by atoms with Gasteiger partial charge in [0.15, 0.2) is 17.0 Å². The maximum absolute atomic E-state index is 10.5. The van der Waals surface area contributed by atoms with E-state index in [0.717, 1.165) is 69.5 Å². The minimum atomic E-state index is -0.181. The molecule has 1 fully saturated rings. The van der Waals surface area contributed by atoms with Crippen LogP contribution in [0.25, 0.3) is 11.2 Å². The topological polar surface area (TPSA) is 138 Å². The third kappa shape index (κ3) is 6.12. The molecule has 1 aromatic carbocycles. The molecule has 0 unspecified atom stereocenters. The molecular weight excluding hydrogens is 446 g/mol. The molecular formula is C25H37N7O3. The first kappa shape index (κ1) is 25.0. The van der Waals surface area contributed by atoms with E-state index in [1.54, 1.807) is 11.7 Å². The zero-order valence-corrected chi connectivity index (χ0v) is 20.7. The molecule has 0 amide bonds. The molecule has 0 aliphatic carbocycles. The molecule has 1 saturated heterocycles. The molecule has 4 rings (SSSR count). The standard InChI is InChI=1S/C25H37N7O3/c1-3-4-14-35-24-29-22(27)21-23(30-24)32(25(33)28-21)16-18-8-7-17(15-20(18)34-2)6-5-11-31-12-9-19(26)10-13-31/h7-8,15,19H,3-6,9-14,16,26H2,1-2H3,(H,28,33)(H2,27,29,30). The van der Waals surface area contributed by atoms with Crippen molar-refractivity contribution in [2.75, 3.05) is 39.1 Å². The summed E-state index contributed by atoms with van der Waals surface area (Å²) >= 11 is 0. The maximum atomic E-state index is 10.5. The van der Waals surface area contributed by atoms with Crippen LogP contribution < -0.4 is 20.9 Å². The number of methoxy groups -OCH3 is 1. The Labute approximate surface area is 206 Å². The predicted octanol–water partition coefficient (Wildman–Crippen LogP) is 2.71. The highest BCUT2D eigenvalue weighted by Gasteiger charge is 2.19. The summed E-state index contributed by atoms with van der Waals surface area (Å²) in [6.07, 6.45) is 6.12. The van der Waals surface area contributed by atoms with Crippen LogP contribution in [0.5, 0.6) is 17.8 Å². The van der Waals surface area contributed by atoms with Crippen LogP contribution >= 0.6 is 0 Å². The molecule has 3 aromatic rings. The van der Waals surface area contributed by atoms with E-state index < -0.39 is 0 Å². The highest BCUT2D eigenvalue weighted by atomic mass is 16.5. The Morgan fingerprint density at radius 3 is 2.69 bits per heavy atom. The fourth-order valence-corrected chi connectivity index (χ4v) is 4.44. The summed E-state index contributed by atoms with van der Waals surface area (Å²) in [6, 6.07) is 6.57. The van der Waals surface area contributed by atoms with Crippen LogP contribution in [0, 0.1) is 0 Å². The third-order valence-electron chi connectivity index (χ3n) is 6.56. The largest absolute Gasteiger partial charge is 0.496 e. The van der Waals surface area contributed by atoms with Gasteiger partial charge in [-0.1, -0.05) is 25.5 Å². The molecule has 0 bridgehead atoms. The second-order valence-electron chi connectivity index (χ2n) is 9.19. The van der Waals surface area contributed by atoms with Crippen LogP contribution in [0.2, 0.25) is 0 Å². The number of nitrogen functional groups attached to an aromatic ring is 1.